The fourth-order valence-electron chi connectivity index (χ4n) is 3.23. The number of fused-ring (bicyclic) bond motifs is 1. The molecule has 3 rings (SSSR count). The number of nitrogens with zero attached hydrogens (tertiary/aromatic N) is 1. The lowest BCUT2D eigenvalue weighted by Crippen LogP contribution is -2.36. The van der Waals surface area contributed by atoms with Crippen LogP contribution in [0.5, 0.6) is 0 Å². The van der Waals surface area contributed by atoms with E-state index in [1.807, 2.05) is 36.4 Å². The largest absolute Gasteiger partial charge is 0.453 e. The second-order valence-electron chi connectivity index (χ2n) is 6.60. The Morgan fingerprint density at radius 1 is 1.11 bits per heavy atom. The highest BCUT2D eigenvalue weighted by Gasteiger charge is 2.21. The van der Waals surface area contributed by atoms with Crippen molar-refractivity contribution >= 4 is 17.8 Å². The summed E-state index contributed by atoms with van der Waals surface area (Å²) in [5.74, 6) is 0. The lowest BCUT2D eigenvalue weighted by Gasteiger charge is -2.28. The van der Waals surface area contributed by atoms with Gasteiger partial charge in [-0.15, -0.1) is 0 Å². The van der Waals surface area contributed by atoms with Crippen molar-refractivity contribution < 1.29 is 14.3 Å². The molecule has 0 saturated heterocycles. The van der Waals surface area contributed by atoms with Crippen LogP contribution >= 0.6 is 0 Å². The van der Waals surface area contributed by atoms with Gasteiger partial charge in [0.05, 0.1) is 7.11 Å². The molecule has 2 aromatic rings. The van der Waals surface area contributed by atoms with Crippen molar-refractivity contribution in [1.29, 1.82) is 0 Å². The summed E-state index contributed by atoms with van der Waals surface area (Å²) in [7, 11) is 1.39. The van der Waals surface area contributed by atoms with Gasteiger partial charge in [0.2, 0.25) is 0 Å². The molecule has 6 heteroatoms. The van der Waals surface area contributed by atoms with E-state index in [9.17, 15) is 9.59 Å². The standard InChI is InChI=1S/C21H25N3O3/c1-27-21(26)24-13-11-17-9-10-19(14-18(17)15-24)23-20(25)22-12-5-8-16-6-3-2-4-7-16/h2-4,6-7,9-10,14H,5,8,11-13,15H2,1H3,(H2,22,23,25). The van der Waals surface area contributed by atoms with E-state index < -0.39 is 0 Å². The molecule has 0 aliphatic carbocycles. The summed E-state index contributed by atoms with van der Waals surface area (Å²) in [5, 5.41) is 5.75. The van der Waals surface area contributed by atoms with E-state index in [0.29, 0.717) is 19.6 Å². The fourth-order valence-corrected chi connectivity index (χ4v) is 3.23. The Morgan fingerprint density at radius 3 is 2.70 bits per heavy atom. The molecule has 0 bridgehead atoms. The van der Waals surface area contributed by atoms with Crippen LogP contribution in [0, 0.1) is 0 Å². The van der Waals surface area contributed by atoms with E-state index in [4.69, 9.17) is 4.74 Å². The first-order chi connectivity index (χ1) is 13.2. The number of benzene rings is 2. The van der Waals surface area contributed by atoms with Crippen molar-refractivity contribution in [3.63, 3.8) is 0 Å². The zero-order valence-electron chi connectivity index (χ0n) is 15.5. The topological polar surface area (TPSA) is 70.7 Å². The maximum absolute atomic E-state index is 12.1. The van der Waals surface area contributed by atoms with Crippen molar-refractivity contribution in [3.8, 4) is 0 Å². The van der Waals surface area contributed by atoms with E-state index in [1.165, 1.54) is 18.2 Å². The normalized spacial score (nSPS) is 12.9. The van der Waals surface area contributed by atoms with E-state index in [-0.39, 0.29) is 12.1 Å². The number of amides is 3. The minimum absolute atomic E-state index is 0.219. The number of ether oxygens (including phenoxy) is 1. The Bertz CT molecular complexity index is 793. The maximum atomic E-state index is 12.1. The highest BCUT2D eigenvalue weighted by molar-refractivity contribution is 5.89. The Kier molecular flexibility index (Phi) is 6.30. The first kappa shape index (κ1) is 18.8. The van der Waals surface area contributed by atoms with E-state index in [0.717, 1.165) is 30.5 Å². The number of nitrogens with one attached hydrogen (secondary N) is 2. The van der Waals surface area contributed by atoms with Gasteiger partial charge in [-0.25, -0.2) is 9.59 Å². The molecule has 0 aromatic heterocycles. The molecule has 0 fully saturated rings. The zero-order chi connectivity index (χ0) is 19.1. The van der Waals surface area contributed by atoms with Crippen LogP contribution in [0.25, 0.3) is 0 Å². The number of hydrogen-bond donors (Lipinski definition) is 2. The minimum Gasteiger partial charge on any atom is -0.453 e. The van der Waals surface area contributed by atoms with E-state index in [1.54, 1.807) is 4.90 Å². The quantitative estimate of drug-likeness (QED) is 0.794. The highest BCUT2D eigenvalue weighted by atomic mass is 16.5. The van der Waals surface area contributed by atoms with Gasteiger partial charge < -0.3 is 20.3 Å². The number of carbonyl (C=O) groups excluding carboxylic acids is 2. The molecule has 0 saturated carbocycles. The summed E-state index contributed by atoms with van der Waals surface area (Å²) in [6.07, 6.45) is 2.28. The number of rotatable bonds is 5. The average Bonchev–Trinajstić information content (AvgIpc) is 2.71. The summed E-state index contributed by atoms with van der Waals surface area (Å²) in [4.78, 5) is 25.5. The van der Waals surface area contributed by atoms with Crippen LogP contribution in [-0.4, -0.2) is 37.2 Å². The Morgan fingerprint density at radius 2 is 1.93 bits per heavy atom. The first-order valence-electron chi connectivity index (χ1n) is 9.19. The number of aryl methyl sites for hydroxylation is 1. The smallest absolute Gasteiger partial charge is 0.409 e. The minimum atomic E-state index is -0.324. The SMILES string of the molecule is COC(=O)N1CCc2ccc(NC(=O)NCCCc3ccccc3)cc2C1. The van der Waals surface area contributed by atoms with Crippen molar-refractivity contribution in [2.24, 2.45) is 0 Å². The third kappa shape index (κ3) is 5.23. The number of urea groups is 1. The second-order valence-corrected chi connectivity index (χ2v) is 6.60. The van der Waals surface area contributed by atoms with Gasteiger partial charge in [-0.05, 0) is 48.1 Å². The Hall–Kier alpha value is -3.02. The summed E-state index contributed by atoms with van der Waals surface area (Å²) in [6, 6.07) is 15.8. The molecular weight excluding hydrogens is 342 g/mol. The third-order valence-electron chi connectivity index (χ3n) is 4.68. The molecule has 0 unspecified atom stereocenters. The van der Waals surface area contributed by atoms with Crippen molar-refractivity contribution in [3.05, 3.63) is 65.2 Å². The molecule has 1 aliphatic rings. The summed E-state index contributed by atoms with van der Waals surface area (Å²) >= 11 is 0. The van der Waals surface area contributed by atoms with Gasteiger partial charge in [0.25, 0.3) is 0 Å². The first-order valence-corrected chi connectivity index (χ1v) is 9.19. The number of hydrogen-bond acceptors (Lipinski definition) is 3. The van der Waals surface area contributed by atoms with Gasteiger partial charge in [0, 0.05) is 25.3 Å². The molecule has 142 valence electrons. The van der Waals surface area contributed by atoms with Crippen LogP contribution in [0.3, 0.4) is 0 Å². The summed E-state index contributed by atoms with van der Waals surface area (Å²) in [6.45, 7) is 1.76. The zero-order valence-corrected chi connectivity index (χ0v) is 15.5. The van der Waals surface area contributed by atoms with Gasteiger partial charge in [0.1, 0.15) is 0 Å². The predicted octanol–water partition coefficient (Wildman–Crippen LogP) is 3.57. The van der Waals surface area contributed by atoms with Gasteiger partial charge >= 0.3 is 12.1 Å². The molecule has 0 radical (unpaired) electrons. The molecule has 0 spiro atoms. The van der Waals surface area contributed by atoms with Gasteiger partial charge in [0.15, 0.2) is 0 Å². The number of carbonyl (C=O) groups is 2. The lowest BCUT2D eigenvalue weighted by molar-refractivity contribution is 0.118. The van der Waals surface area contributed by atoms with Crippen molar-refractivity contribution in [1.82, 2.24) is 10.2 Å². The average molecular weight is 367 g/mol. The number of methoxy groups -OCH3 is 1. The molecular formula is C21H25N3O3. The molecule has 1 heterocycles. The second kappa shape index (κ2) is 9.07. The lowest BCUT2D eigenvalue weighted by atomic mass is 9.99. The van der Waals surface area contributed by atoms with Crippen LogP contribution in [0.2, 0.25) is 0 Å². The third-order valence-corrected chi connectivity index (χ3v) is 4.68. The van der Waals surface area contributed by atoms with Crippen LogP contribution in [0.15, 0.2) is 48.5 Å². The van der Waals surface area contributed by atoms with E-state index in [2.05, 4.69) is 22.8 Å². The maximum Gasteiger partial charge on any atom is 0.409 e. The van der Waals surface area contributed by atoms with Crippen LogP contribution < -0.4 is 10.6 Å². The van der Waals surface area contributed by atoms with Crippen LogP contribution in [-0.2, 0) is 24.1 Å². The van der Waals surface area contributed by atoms with Crippen molar-refractivity contribution in [2.75, 3.05) is 25.5 Å². The monoisotopic (exact) mass is 367 g/mol. The van der Waals surface area contributed by atoms with Crippen LogP contribution in [0.4, 0.5) is 15.3 Å². The summed E-state index contributed by atoms with van der Waals surface area (Å²) in [5.41, 5.74) is 4.23. The van der Waals surface area contributed by atoms with E-state index >= 15 is 0 Å². The van der Waals surface area contributed by atoms with Gasteiger partial charge in [-0.3, -0.25) is 0 Å². The fraction of sp³-hybridized carbons (Fsp3) is 0.333. The van der Waals surface area contributed by atoms with Crippen LogP contribution in [0.1, 0.15) is 23.1 Å². The highest BCUT2D eigenvalue weighted by Crippen LogP contribution is 2.23. The molecule has 2 N–H and O–H groups in total. The Balaban J connectivity index is 1.47. The van der Waals surface area contributed by atoms with Gasteiger partial charge in [-0.1, -0.05) is 36.4 Å². The molecule has 2 aromatic carbocycles. The predicted molar refractivity (Wildman–Crippen MR) is 105 cm³/mol. The molecule has 1 aliphatic heterocycles. The molecule has 3 amide bonds. The molecule has 27 heavy (non-hydrogen) atoms. The molecule has 0 atom stereocenters. The summed E-state index contributed by atoms with van der Waals surface area (Å²) < 4.78 is 4.79. The van der Waals surface area contributed by atoms with Crippen molar-refractivity contribution in [2.45, 2.75) is 25.8 Å². The number of anilines is 1. The molecule has 6 nitrogen and oxygen atoms in total. The van der Waals surface area contributed by atoms with Gasteiger partial charge in [-0.2, -0.15) is 0 Å². The Labute approximate surface area is 159 Å².